The van der Waals surface area contributed by atoms with E-state index in [9.17, 15) is 19.2 Å². The van der Waals surface area contributed by atoms with Gasteiger partial charge in [-0.15, -0.1) is 0 Å². The van der Waals surface area contributed by atoms with Gasteiger partial charge in [-0.05, 0) is 6.92 Å². The van der Waals surface area contributed by atoms with E-state index in [0.717, 1.165) is 0 Å². The number of hydrogen-bond acceptors (Lipinski definition) is 4. The van der Waals surface area contributed by atoms with Crippen LogP contribution in [-0.2, 0) is 19.2 Å². The fourth-order valence-corrected chi connectivity index (χ4v) is 2.51. The van der Waals surface area contributed by atoms with Crippen molar-refractivity contribution in [2.45, 2.75) is 20.8 Å². The van der Waals surface area contributed by atoms with Crippen molar-refractivity contribution in [3.05, 3.63) is 0 Å². The van der Waals surface area contributed by atoms with Crippen molar-refractivity contribution in [3.63, 3.8) is 0 Å². The lowest BCUT2D eigenvalue weighted by molar-refractivity contribution is -0.152. The average Bonchev–Trinajstić information content (AvgIpc) is 2.30. The molecule has 4 heteroatoms. The van der Waals surface area contributed by atoms with Crippen molar-refractivity contribution in [1.29, 1.82) is 0 Å². The Hall–Kier alpha value is -1.32. The first kappa shape index (κ1) is 9.24. The third-order valence-corrected chi connectivity index (χ3v) is 3.89. The smallest absolute Gasteiger partial charge is 0.213 e. The molecule has 2 bridgehead atoms. The zero-order valence-corrected chi connectivity index (χ0v) is 8.21. The van der Waals surface area contributed by atoms with Crippen LogP contribution in [0, 0.1) is 16.7 Å². The molecule has 2 aliphatic carbocycles. The van der Waals surface area contributed by atoms with E-state index in [1.807, 2.05) is 0 Å². The SMILES string of the molecule is CC12C(=O)C(=O)C(C(=O)C1=O)C2(C)C. The normalized spacial score (nSPS) is 39.8. The Morgan fingerprint density at radius 1 is 0.857 bits per heavy atom. The van der Waals surface area contributed by atoms with Gasteiger partial charge >= 0.3 is 0 Å². The minimum Gasteiger partial charge on any atom is -0.290 e. The van der Waals surface area contributed by atoms with Gasteiger partial charge in [0.15, 0.2) is 0 Å². The van der Waals surface area contributed by atoms with Crippen LogP contribution in [0.1, 0.15) is 20.8 Å². The van der Waals surface area contributed by atoms with E-state index in [4.69, 9.17) is 0 Å². The molecule has 0 atom stereocenters. The number of Topliss-reactive ketones (excluding diaryl/α,β-unsaturated/α-hetero) is 4. The quantitative estimate of drug-likeness (QED) is 0.400. The maximum atomic E-state index is 11.5. The van der Waals surface area contributed by atoms with Crippen molar-refractivity contribution in [2.75, 3.05) is 0 Å². The third-order valence-electron chi connectivity index (χ3n) is 3.89. The van der Waals surface area contributed by atoms with Crippen molar-refractivity contribution >= 4 is 23.1 Å². The highest BCUT2D eigenvalue weighted by Gasteiger charge is 2.75. The zero-order valence-electron chi connectivity index (χ0n) is 8.21. The van der Waals surface area contributed by atoms with Gasteiger partial charge in [-0.3, -0.25) is 19.2 Å². The summed E-state index contributed by atoms with van der Waals surface area (Å²) in [5.41, 5.74) is -2.26. The molecule has 0 spiro atoms. The summed E-state index contributed by atoms with van der Waals surface area (Å²) in [6.45, 7) is 4.66. The van der Waals surface area contributed by atoms with Crippen LogP contribution in [0.5, 0.6) is 0 Å². The first-order valence-corrected chi connectivity index (χ1v) is 4.43. The van der Waals surface area contributed by atoms with Gasteiger partial charge in [0, 0.05) is 5.41 Å². The van der Waals surface area contributed by atoms with Crippen LogP contribution in [0.2, 0.25) is 0 Å². The maximum Gasteiger partial charge on any atom is 0.213 e. The fourth-order valence-electron chi connectivity index (χ4n) is 2.51. The van der Waals surface area contributed by atoms with Crippen molar-refractivity contribution < 1.29 is 19.2 Å². The van der Waals surface area contributed by atoms with Gasteiger partial charge in [0.2, 0.25) is 23.1 Å². The summed E-state index contributed by atoms with van der Waals surface area (Å²) in [7, 11) is 0. The Labute approximate surface area is 80.7 Å². The molecule has 0 saturated heterocycles. The molecule has 0 heterocycles. The van der Waals surface area contributed by atoms with Gasteiger partial charge in [0.05, 0.1) is 5.92 Å². The molecule has 0 aliphatic heterocycles. The van der Waals surface area contributed by atoms with Crippen molar-refractivity contribution in [1.82, 2.24) is 0 Å². The molecule has 0 amide bonds. The first-order valence-electron chi connectivity index (χ1n) is 4.43. The topological polar surface area (TPSA) is 68.3 Å². The molecular formula is C10H10O4. The fraction of sp³-hybridized carbons (Fsp3) is 0.600. The van der Waals surface area contributed by atoms with Crippen LogP contribution < -0.4 is 0 Å². The van der Waals surface area contributed by atoms with E-state index < -0.39 is 39.9 Å². The molecule has 2 fully saturated rings. The van der Waals surface area contributed by atoms with Crippen LogP contribution in [0.4, 0.5) is 0 Å². The van der Waals surface area contributed by atoms with Crippen molar-refractivity contribution in [2.24, 2.45) is 16.7 Å². The lowest BCUT2D eigenvalue weighted by atomic mass is 9.70. The van der Waals surface area contributed by atoms with Gasteiger partial charge in [-0.25, -0.2) is 0 Å². The summed E-state index contributed by atoms with van der Waals surface area (Å²) in [5, 5.41) is 0. The Kier molecular flexibility index (Phi) is 1.33. The molecule has 2 aliphatic rings. The summed E-state index contributed by atoms with van der Waals surface area (Å²) in [6, 6.07) is 0. The molecule has 0 radical (unpaired) electrons. The second kappa shape index (κ2) is 2.02. The Balaban J connectivity index is 2.77. The number of rotatable bonds is 0. The van der Waals surface area contributed by atoms with Crippen LogP contribution in [0.15, 0.2) is 0 Å². The van der Waals surface area contributed by atoms with Crippen LogP contribution in [0.3, 0.4) is 0 Å². The zero-order chi connectivity index (χ0) is 10.9. The summed E-state index contributed by atoms with van der Waals surface area (Å²) in [5.74, 6) is -3.81. The van der Waals surface area contributed by atoms with Crippen LogP contribution in [-0.4, -0.2) is 23.1 Å². The van der Waals surface area contributed by atoms with E-state index in [1.54, 1.807) is 13.8 Å². The molecule has 0 aromatic rings. The molecule has 4 nitrogen and oxygen atoms in total. The van der Waals surface area contributed by atoms with E-state index in [1.165, 1.54) is 6.92 Å². The molecular weight excluding hydrogens is 184 g/mol. The van der Waals surface area contributed by atoms with E-state index >= 15 is 0 Å². The molecule has 2 rings (SSSR count). The standard InChI is InChI=1S/C10H10O4/c1-9(2)4-5(11)7(13)10(9,3)8(14)6(4)12/h4H,1-3H3. The molecule has 14 heavy (non-hydrogen) atoms. The highest BCUT2D eigenvalue weighted by Crippen LogP contribution is 2.58. The predicted molar refractivity (Wildman–Crippen MR) is 45.4 cm³/mol. The second-order valence-electron chi connectivity index (χ2n) is 4.67. The van der Waals surface area contributed by atoms with Crippen LogP contribution >= 0.6 is 0 Å². The Morgan fingerprint density at radius 2 is 1.21 bits per heavy atom. The lowest BCUT2D eigenvalue weighted by Gasteiger charge is -2.28. The number of fused-ring (bicyclic) bond motifs is 2. The van der Waals surface area contributed by atoms with E-state index in [0.29, 0.717) is 0 Å². The minimum absolute atomic E-state index is 0.693. The van der Waals surface area contributed by atoms with Gasteiger partial charge in [-0.1, -0.05) is 13.8 Å². The number of hydrogen-bond donors (Lipinski definition) is 0. The van der Waals surface area contributed by atoms with Gasteiger partial charge in [0.1, 0.15) is 5.41 Å². The highest BCUT2D eigenvalue weighted by atomic mass is 16.2. The Morgan fingerprint density at radius 3 is 1.43 bits per heavy atom. The maximum absolute atomic E-state index is 11.5. The molecule has 2 saturated carbocycles. The second-order valence-corrected chi connectivity index (χ2v) is 4.67. The summed E-state index contributed by atoms with van der Waals surface area (Å²) in [6.07, 6.45) is 0. The molecule has 0 aromatic heterocycles. The molecule has 0 aromatic carbocycles. The summed E-state index contributed by atoms with van der Waals surface area (Å²) in [4.78, 5) is 45.9. The molecule has 0 N–H and O–H groups in total. The number of carbonyl (C=O) groups excluding carboxylic acids is 4. The summed E-state index contributed by atoms with van der Waals surface area (Å²) >= 11 is 0. The van der Waals surface area contributed by atoms with Crippen molar-refractivity contribution in [3.8, 4) is 0 Å². The third kappa shape index (κ3) is 0.576. The summed E-state index contributed by atoms with van der Waals surface area (Å²) < 4.78 is 0. The van der Waals surface area contributed by atoms with Crippen LogP contribution in [0.25, 0.3) is 0 Å². The first-order chi connectivity index (χ1) is 6.26. The largest absolute Gasteiger partial charge is 0.290 e. The lowest BCUT2D eigenvalue weighted by Crippen LogP contribution is -2.43. The number of ketones is 4. The monoisotopic (exact) mass is 194 g/mol. The minimum atomic E-state index is -1.41. The van der Waals surface area contributed by atoms with Gasteiger partial charge in [-0.2, -0.15) is 0 Å². The van der Waals surface area contributed by atoms with Gasteiger partial charge in [0.25, 0.3) is 0 Å². The predicted octanol–water partition coefficient (Wildman–Crippen LogP) is -0.0613. The average molecular weight is 194 g/mol. The highest BCUT2D eigenvalue weighted by molar-refractivity contribution is 6.65. The number of carbonyl (C=O) groups is 4. The van der Waals surface area contributed by atoms with Gasteiger partial charge < -0.3 is 0 Å². The van der Waals surface area contributed by atoms with E-state index in [2.05, 4.69) is 0 Å². The molecule has 74 valence electrons. The van der Waals surface area contributed by atoms with E-state index in [-0.39, 0.29) is 0 Å². The molecule has 0 unspecified atom stereocenters. The Bertz CT molecular complexity index is 374.